The minimum atomic E-state index is -1.40. The number of hydrogen-bond donors (Lipinski definition) is 4. The fourth-order valence-electron chi connectivity index (χ4n) is 2.55. The molecule has 2 aliphatic rings. The molecule has 1 saturated heterocycles. The quantitative estimate of drug-likeness (QED) is 0.374. The molecule has 5 atom stereocenters. The smallest absolute Gasteiger partial charge is 0.111 e. The van der Waals surface area contributed by atoms with E-state index >= 15 is 0 Å². The predicted molar refractivity (Wildman–Crippen MR) is 98.7 cm³/mol. The number of aliphatic hydroxyl groups is 4. The van der Waals surface area contributed by atoms with Crippen LogP contribution in [-0.4, -0.2) is 68.3 Å². The Balaban J connectivity index is 0.000000778. The monoisotopic (exact) mass is 477 g/mol. The summed E-state index contributed by atoms with van der Waals surface area (Å²) >= 11 is 1.13. The summed E-state index contributed by atoms with van der Waals surface area (Å²) in [5.74, 6) is 0.470. The van der Waals surface area contributed by atoms with Gasteiger partial charge in [0.2, 0.25) is 0 Å². The van der Waals surface area contributed by atoms with Crippen LogP contribution in [0.1, 0.15) is 42.7 Å². The van der Waals surface area contributed by atoms with E-state index in [0.29, 0.717) is 9.88 Å². The summed E-state index contributed by atoms with van der Waals surface area (Å²) in [6.45, 7) is 6.65. The van der Waals surface area contributed by atoms with Crippen LogP contribution in [0.5, 0.6) is 0 Å². The Hall–Kier alpha value is 0.0739. The van der Waals surface area contributed by atoms with Crippen molar-refractivity contribution < 1.29 is 64.0 Å². The Kier molecular flexibility index (Phi) is 11.7. The van der Waals surface area contributed by atoms with Crippen LogP contribution in [0.4, 0.5) is 0 Å². The summed E-state index contributed by atoms with van der Waals surface area (Å²) in [6, 6.07) is 0. The van der Waals surface area contributed by atoms with Gasteiger partial charge in [-0.25, -0.2) is 11.3 Å². The molecule has 0 spiro atoms. The van der Waals surface area contributed by atoms with Crippen LogP contribution in [0, 0.1) is 19.8 Å². The Morgan fingerprint density at radius 2 is 1.85 bits per heavy atom. The molecule has 2 heterocycles. The number of nitrogens with zero attached hydrogens (tertiary/aromatic N) is 1. The van der Waals surface area contributed by atoms with E-state index in [4.69, 9.17) is 11.2 Å². The fraction of sp³-hybridized carbons (Fsp3) is 0.667. The zero-order valence-corrected chi connectivity index (χ0v) is 19.2. The number of ketones is 1. The Labute approximate surface area is 191 Å². The standard InChI is InChI=1S/C12H16NO6S.C5H9.CH4.Y/c1-5(15)8-3-13-9(20-8)2-6-10(16)12(18)11(17)7(4-14)19-6;1-5-3-2-4-5;;/h3,6-7,10-12,14,16-18H,1-2,4H2;5H,1-4H2;1H4;/q2*-1;;/i;;1D;. The maximum Gasteiger partial charge on any atom is 0.111 e. The SMILES string of the molecule is [2H]C.[CH2-]C(=O)c1cnc(CC2OC(CO)C(O)C(O)C2O)s1.[CH2-]C1CCC1.[Y]. The molecule has 9 heteroatoms. The zero-order chi connectivity index (χ0) is 20.6. The summed E-state index contributed by atoms with van der Waals surface area (Å²) in [6.07, 6.45) is -0.0981. The number of rotatable bonds is 4. The molecule has 2 fully saturated rings. The maximum absolute atomic E-state index is 11.1. The second kappa shape index (κ2) is 12.6. The average Bonchev–Trinajstić information content (AvgIpc) is 3.11. The van der Waals surface area contributed by atoms with Gasteiger partial charge >= 0.3 is 0 Å². The molecule has 0 amide bonds. The first-order chi connectivity index (χ1) is 12.8. The third kappa shape index (κ3) is 7.44. The summed E-state index contributed by atoms with van der Waals surface area (Å²) in [7, 11) is 1.25. The van der Waals surface area contributed by atoms with E-state index in [9.17, 15) is 20.1 Å². The third-order valence-corrected chi connectivity index (χ3v) is 5.48. The number of aromatic nitrogens is 1. The Bertz CT molecular complexity index is 572. The average molecular weight is 477 g/mol. The first kappa shape index (κ1) is 25.1. The first-order valence-electron chi connectivity index (χ1n) is 9.28. The van der Waals surface area contributed by atoms with Gasteiger partial charge in [-0.2, -0.15) is 12.8 Å². The first-order valence-corrected chi connectivity index (χ1v) is 9.09. The molecule has 4 N–H and O–H groups in total. The Morgan fingerprint density at radius 3 is 2.26 bits per heavy atom. The van der Waals surface area contributed by atoms with Crippen molar-refractivity contribution in [3.8, 4) is 0 Å². The van der Waals surface area contributed by atoms with E-state index in [2.05, 4.69) is 18.8 Å². The minimum absolute atomic E-state index is 0. The van der Waals surface area contributed by atoms with Crippen molar-refractivity contribution in [1.82, 2.24) is 4.98 Å². The maximum atomic E-state index is 11.1. The molecule has 1 aromatic rings. The zero-order valence-electron chi connectivity index (χ0n) is 16.5. The second-order valence-corrected chi connectivity index (χ2v) is 7.53. The van der Waals surface area contributed by atoms with Crippen molar-refractivity contribution in [3.05, 3.63) is 29.9 Å². The number of hydrogen-bond acceptors (Lipinski definition) is 8. The van der Waals surface area contributed by atoms with Crippen molar-refractivity contribution >= 4 is 17.1 Å². The molecule has 5 unspecified atom stereocenters. The van der Waals surface area contributed by atoms with Crippen molar-refractivity contribution in [2.75, 3.05) is 6.61 Å². The Morgan fingerprint density at radius 1 is 1.30 bits per heavy atom. The van der Waals surface area contributed by atoms with Crippen molar-refractivity contribution in [3.63, 3.8) is 0 Å². The van der Waals surface area contributed by atoms with E-state index in [1.54, 1.807) is 0 Å². The van der Waals surface area contributed by atoms with Crippen LogP contribution in [0.3, 0.4) is 0 Å². The van der Waals surface area contributed by atoms with Gasteiger partial charge in [0.25, 0.3) is 0 Å². The molecule has 0 bridgehead atoms. The summed E-state index contributed by atoms with van der Waals surface area (Å²) < 4.78 is 11.1. The number of Topliss-reactive ketones (excluding diaryl/α,β-unsaturated/α-hetero) is 1. The van der Waals surface area contributed by atoms with Gasteiger partial charge in [0, 0.05) is 46.3 Å². The number of thiazole rings is 1. The van der Waals surface area contributed by atoms with E-state index in [1.165, 1.54) is 32.9 Å². The van der Waals surface area contributed by atoms with Crippen LogP contribution >= 0.6 is 11.3 Å². The largest absolute Gasteiger partial charge is 0.394 e. The van der Waals surface area contributed by atoms with Gasteiger partial charge in [-0.1, -0.05) is 31.5 Å². The van der Waals surface area contributed by atoms with E-state index < -0.39 is 37.1 Å². The molecule has 7 nitrogen and oxygen atoms in total. The van der Waals surface area contributed by atoms with Crippen LogP contribution in [0.25, 0.3) is 0 Å². The van der Waals surface area contributed by atoms with E-state index in [1.807, 2.05) is 0 Å². The van der Waals surface area contributed by atoms with Crippen molar-refractivity contribution in [1.29, 1.82) is 0 Å². The topological polar surface area (TPSA) is 120 Å². The van der Waals surface area contributed by atoms with Gasteiger partial charge < -0.3 is 36.9 Å². The van der Waals surface area contributed by atoms with Crippen LogP contribution in [-0.2, 0) is 43.9 Å². The van der Waals surface area contributed by atoms with Crippen LogP contribution in [0.15, 0.2) is 6.20 Å². The molecular formula is C18H29NO6SY-2. The normalized spacial score (nSPS) is 30.3. The fourth-order valence-corrected chi connectivity index (χ4v) is 3.37. The third-order valence-electron chi connectivity index (χ3n) is 4.42. The molecule has 1 aliphatic carbocycles. The van der Waals surface area contributed by atoms with Crippen LogP contribution in [0.2, 0.25) is 0 Å². The molecule has 1 aromatic heterocycles. The van der Waals surface area contributed by atoms with Crippen LogP contribution < -0.4 is 0 Å². The number of aliphatic hydroxyl groups excluding tert-OH is 4. The van der Waals surface area contributed by atoms with Crippen molar-refractivity contribution in [2.24, 2.45) is 5.92 Å². The molecule has 1 saturated carbocycles. The van der Waals surface area contributed by atoms with Gasteiger partial charge in [-0.15, -0.1) is 0 Å². The van der Waals surface area contributed by atoms with Gasteiger partial charge in [-0.05, 0) is 6.20 Å². The minimum Gasteiger partial charge on any atom is -0.394 e. The summed E-state index contributed by atoms with van der Waals surface area (Å²) in [4.78, 5) is 15.5. The molecule has 1 radical (unpaired) electrons. The molecule has 0 aromatic carbocycles. The molecule has 3 rings (SSSR count). The molecule has 1 aliphatic heterocycles. The molecular weight excluding hydrogens is 447 g/mol. The molecule has 153 valence electrons. The van der Waals surface area contributed by atoms with Gasteiger partial charge in [0.15, 0.2) is 0 Å². The summed E-state index contributed by atoms with van der Waals surface area (Å²) in [5, 5.41) is 38.8. The van der Waals surface area contributed by atoms with Crippen molar-refractivity contribution in [2.45, 2.75) is 63.6 Å². The predicted octanol–water partition coefficient (Wildman–Crippen LogP) is 0.799. The van der Waals surface area contributed by atoms with Gasteiger partial charge in [0.1, 0.15) is 24.4 Å². The second-order valence-electron chi connectivity index (χ2n) is 6.41. The van der Waals surface area contributed by atoms with E-state index in [0.717, 1.165) is 17.3 Å². The van der Waals surface area contributed by atoms with E-state index in [-0.39, 0.29) is 44.9 Å². The van der Waals surface area contributed by atoms with Gasteiger partial charge in [-0.3, -0.25) is 4.98 Å². The van der Waals surface area contributed by atoms with Gasteiger partial charge in [0.05, 0.1) is 17.7 Å². The number of carbonyl (C=O) groups excluding carboxylic acids is 1. The molecule has 27 heavy (non-hydrogen) atoms. The summed E-state index contributed by atoms with van der Waals surface area (Å²) in [5.41, 5.74) is 0. The number of ether oxygens (including phenoxy) is 1. The number of carbonyl (C=O) groups is 1.